The van der Waals surface area contributed by atoms with Crippen molar-refractivity contribution in [2.75, 3.05) is 13.2 Å². The van der Waals surface area contributed by atoms with Crippen molar-refractivity contribution in [3.63, 3.8) is 0 Å². The van der Waals surface area contributed by atoms with Crippen molar-refractivity contribution in [3.05, 3.63) is 70.5 Å². The molecule has 1 aliphatic rings. The van der Waals surface area contributed by atoms with Crippen molar-refractivity contribution < 1.29 is 23.8 Å². The fourth-order valence-electron chi connectivity index (χ4n) is 3.03. The fraction of sp³-hybridized carbons (Fsp3) is 0.300. The van der Waals surface area contributed by atoms with Gasteiger partial charge in [0.2, 0.25) is 0 Å². The van der Waals surface area contributed by atoms with Gasteiger partial charge in [0.25, 0.3) is 5.91 Å². The number of amides is 3. The van der Waals surface area contributed by atoms with Gasteiger partial charge in [0.1, 0.15) is 11.4 Å². The molecule has 148 valence electrons. The second-order valence-electron chi connectivity index (χ2n) is 6.74. The van der Waals surface area contributed by atoms with E-state index in [2.05, 4.69) is 5.32 Å². The van der Waals surface area contributed by atoms with Gasteiger partial charge in [0.05, 0.1) is 25.9 Å². The first kappa shape index (κ1) is 20.3. The number of ether oxygens (including phenoxy) is 1. The third-order valence-corrected chi connectivity index (χ3v) is 4.87. The van der Waals surface area contributed by atoms with Crippen LogP contribution in [0.3, 0.4) is 0 Å². The van der Waals surface area contributed by atoms with Gasteiger partial charge in [-0.25, -0.2) is 9.18 Å². The highest BCUT2D eigenvalue weighted by Crippen LogP contribution is 2.29. The van der Waals surface area contributed by atoms with Crippen LogP contribution < -0.4 is 5.32 Å². The molecule has 2 N–H and O–H groups in total. The number of halogens is 2. The molecule has 1 fully saturated rings. The topological polar surface area (TPSA) is 78.9 Å². The molecule has 0 aromatic heterocycles. The molecule has 1 saturated heterocycles. The number of aliphatic hydroxyl groups is 1. The van der Waals surface area contributed by atoms with Gasteiger partial charge in [-0.3, -0.25) is 9.69 Å². The van der Waals surface area contributed by atoms with Crippen LogP contribution in [0, 0.1) is 5.82 Å². The summed E-state index contributed by atoms with van der Waals surface area (Å²) >= 11 is 5.88. The minimum Gasteiger partial charge on any atom is -0.389 e. The van der Waals surface area contributed by atoms with Crippen LogP contribution in [0.4, 0.5) is 9.18 Å². The molecule has 0 aliphatic carbocycles. The van der Waals surface area contributed by atoms with Crippen molar-refractivity contribution in [3.8, 4) is 0 Å². The molecule has 0 spiro atoms. The summed E-state index contributed by atoms with van der Waals surface area (Å²) in [4.78, 5) is 26.0. The number of benzene rings is 2. The first-order chi connectivity index (χ1) is 13.3. The molecule has 1 heterocycles. The highest BCUT2D eigenvalue weighted by molar-refractivity contribution is 6.30. The monoisotopic (exact) mass is 406 g/mol. The Morgan fingerprint density at radius 3 is 2.57 bits per heavy atom. The Kier molecular flexibility index (Phi) is 5.98. The number of carbonyl (C=O) groups is 2. The summed E-state index contributed by atoms with van der Waals surface area (Å²) < 4.78 is 18.9. The lowest BCUT2D eigenvalue weighted by Gasteiger charge is -2.23. The number of nitrogens with one attached hydrogen (secondary N) is 1. The molecule has 28 heavy (non-hydrogen) atoms. The van der Waals surface area contributed by atoms with E-state index >= 15 is 0 Å². The summed E-state index contributed by atoms with van der Waals surface area (Å²) in [5.74, 6) is -0.877. The SMILES string of the molecule is C[C@@]1(c2ccc(Cl)cc2)NC(=O)N(C[C@H](O)COCc2ccccc2F)C1=O. The smallest absolute Gasteiger partial charge is 0.325 e. The van der Waals surface area contributed by atoms with Crippen LogP contribution in [-0.2, 0) is 21.7 Å². The first-order valence-corrected chi connectivity index (χ1v) is 9.08. The predicted octanol–water partition coefficient (Wildman–Crippen LogP) is 2.82. The molecule has 1 aliphatic heterocycles. The van der Waals surface area contributed by atoms with E-state index in [9.17, 15) is 19.1 Å². The highest BCUT2D eigenvalue weighted by atomic mass is 35.5. The van der Waals surface area contributed by atoms with E-state index in [0.29, 0.717) is 16.1 Å². The number of imide groups is 1. The molecule has 8 heteroatoms. The number of β-amino-alcohol motifs (C(OH)–C–C–N with tert-alkyl or cyclic N) is 1. The Balaban J connectivity index is 1.59. The Bertz CT molecular complexity index is 877. The first-order valence-electron chi connectivity index (χ1n) is 8.70. The Labute approximate surface area is 166 Å². The molecular formula is C20H20ClFN2O4. The van der Waals surface area contributed by atoms with E-state index in [1.165, 1.54) is 6.07 Å². The third kappa shape index (κ3) is 4.16. The van der Waals surface area contributed by atoms with Gasteiger partial charge in [-0.2, -0.15) is 0 Å². The van der Waals surface area contributed by atoms with Crippen LogP contribution in [0.5, 0.6) is 0 Å². The van der Waals surface area contributed by atoms with Crippen LogP contribution in [-0.4, -0.2) is 41.2 Å². The van der Waals surface area contributed by atoms with Gasteiger partial charge in [-0.1, -0.05) is 41.9 Å². The van der Waals surface area contributed by atoms with Crippen LogP contribution in [0.2, 0.25) is 5.02 Å². The second-order valence-corrected chi connectivity index (χ2v) is 7.17. The van der Waals surface area contributed by atoms with Gasteiger partial charge in [-0.05, 0) is 30.7 Å². The van der Waals surface area contributed by atoms with Crippen LogP contribution in [0.1, 0.15) is 18.1 Å². The largest absolute Gasteiger partial charge is 0.389 e. The molecule has 0 bridgehead atoms. The number of aliphatic hydroxyl groups excluding tert-OH is 1. The number of rotatable bonds is 7. The van der Waals surface area contributed by atoms with Gasteiger partial charge < -0.3 is 15.2 Å². The quantitative estimate of drug-likeness (QED) is 0.693. The zero-order valence-electron chi connectivity index (χ0n) is 15.2. The zero-order valence-corrected chi connectivity index (χ0v) is 15.9. The van der Waals surface area contributed by atoms with E-state index in [1.54, 1.807) is 49.4 Å². The number of hydrogen-bond donors (Lipinski definition) is 2. The fourth-order valence-corrected chi connectivity index (χ4v) is 3.15. The molecule has 3 amide bonds. The number of carbonyl (C=O) groups excluding carboxylic acids is 2. The molecule has 3 rings (SSSR count). The lowest BCUT2D eigenvalue weighted by Crippen LogP contribution is -2.42. The Hall–Kier alpha value is -2.48. The molecule has 0 unspecified atom stereocenters. The van der Waals surface area contributed by atoms with Gasteiger partial charge in [0.15, 0.2) is 0 Å². The molecule has 0 saturated carbocycles. The van der Waals surface area contributed by atoms with E-state index in [0.717, 1.165) is 4.90 Å². The summed E-state index contributed by atoms with van der Waals surface area (Å²) in [7, 11) is 0. The van der Waals surface area contributed by atoms with Crippen molar-refractivity contribution in [1.29, 1.82) is 0 Å². The summed E-state index contributed by atoms with van der Waals surface area (Å²) in [5.41, 5.74) is -0.293. The van der Waals surface area contributed by atoms with E-state index in [4.69, 9.17) is 16.3 Å². The Morgan fingerprint density at radius 2 is 1.89 bits per heavy atom. The molecule has 0 radical (unpaired) electrons. The summed E-state index contributed by atoms with van der Waals surface area (Å²) in [6.07, 6.45) is -1.10. The lowest BCUT2D eigenvalue weighted by atomic mass is 9.92. The highest BCUT2D eigenvalue weighted by Gasteiger charge is 2.49. The summed E-state index contributed by atoms with van der Waals surface area (Å²) in [5, 5.41) is 13.3. The summed E-state index contributed by atoms with van der Waals surface area (Å²) in [6.45, 7) is 1.19. The van der Waals surface area contributed by atoms with Gasteiger partial charge in [0, 0.05) is 10.6 Å². The number of urea groups is 1. The average Bonchev–Trinajstić information content (AvgIpc) is 2.88. The molecule has 2 atom stereocenters. The molecule has 6 nitrogen and oxygen atoms in total. The van der Waals surface area contributed by atoms with Crippen molar-refractivity contribution in [1.82, 2.24) is 10.2 Å². The maximum absolute atomic E-state index is 13.6. The maximum atomic E-state index is 13.6. The number of nitrogens with zero attached hydrogens (tertiary/aromatic N) is 1. The van der Waals surface area contributed by atoms with Crippen LogP contribution >= 0.6 is 11.6 Å². The molecule has 2 aromatic carbocycles. The van der Waals surface area contributed by atoms with Crippen LogP contribution in [0.25, 0.3) is 0 Å². The predicted molar refractivity (Wildman–Crippen MR) is 101 cm³/mol. The van der Waals surface area contributed by atoms with Gasteiger partial charge >= 0.3 is 6.03 Å². The standard InChI is InChI=1S/C20H20ClFN2O4/c1-20(14-6-8-15(21)9-7-14)18(26)24(19(27)23-20)10-16(25)12-28-11-13-4-2-3-5-17(13)22/h2-9,16,25H,10-12H2,1H3,(H,23,27)/t16-,20-/m0/s1. The van der Waals surface area contributed by atoms with Gasteiger partial charge in [-0.15, -0.1) is 0 Å². The minimum absolute atomic E-state index is 0.0215. The molecule has 2 aromatic rings. The van der Waals surface area contributed by atoms with E-state index < -0.39 is 29.4 Å². The molecular weight excluding hydrogens is 387 g/mol. The van der Waals surface area contributed by atoms with Crippen LogP contribution in [0.15, 0.2) is 48.5 Å². The normalized spacial score (nSPS) is 20.4. The van der Waals surface area contributed by atoms with E-state index in [-0.39, 0.29) is 19.8 Å². The second kappa shape index (κ2) is 8.26. The maximum Gasteiger partial charge on any atom is 0.325 e. The van der Waals surface area contributed by atoms with Crippen molar-refractivity contribution in [2.24, 2.45) is 0 Å². The summed E-state index contributed by atoms with van der Waals surface area (Å²) in [6, 6.07) is 12.2. The van der Waals surface area contributed by atoms with Crippen molar-refractivity contribution in [2.45, 2.75) is 25.2 Å². The minimum atomic E-state index is -1.24. The zero-order chi connectivity index (χ0) is 20.3. The third-order valence-electron chi connectivity index (χ3n) is 4.62. The lowest BCUT2D eigenvalue weighted by molar-refractivity contribution is -0.132. The van der Waals surface area contributed by atoms with Crippen molar-refractivity contribution >= 4 is 23.5 Å². The Morgan fingerprint density at radius 1 is 1.21 bits per heavy atom. The number of hydrogen-bond acceptors (Lipinski definition) is 4. The average molecular weight is 407 g/mol. The van der Waals surface area contributed by atoms with E-state index in [1.807, 2.05) is 0 Å².